The summed E-state index contributed by atoms with van der Waals surface area (Å²) >= 11 is 1.38. The van der Waals surface area contributed by atoms with Crippen LogP contribution in [0.5, 0.6) is 17.2 Å². The minimum absolute atomic E-state index is 0.0473. The molecule has 0 spiro atoms. The van der Waals surface area contributed by atoms with Crippen molar-refractivity contribution < 1.29 is 19.0 Å². The van der Waals surface area contributed by atoms with Crippen LogP contribution in [0.4, 0.5) is 0 Å². The van der Waals surface area contributed by atoms with Crippen molar-refractivity contribution in [2.75, 3.05) is 20.0 Å². The Labute approximate surface area is 193 Å². The molecule has 0 N–H and O–H groups in total. The van der Waals surface area contributed by atoms with Crippen molar-refractivity contribution in [2.24, 2.45) is 0 Å². The van der Waals surface area contributed by atoms with Gasteiger partial charge in [-0.2, -0.15) is 0 Å². The van der Waals surface area contributed by atoms with Crippen LogP contribution in [0.1, 0.15) is 47.3 Å². The van der Waals surface area contributed by atoms with Crippen molar-refractivity contribution in [2.45, 2.75) is 45.5 Å². The van der Waals surface area contributed by atoms with Crippen molar-refractivity contribution >= 4 is 17.5 Å². The Bertz CT molecular complexity index is 1100. The second-order valence-corrected chi connectivity index (χ2v) is 8.32. The van der Waals surface area contributed by atoms with Gasteiger partial charge in [-0.25, -0.2) is 0 Å². The first-order valence-electron chi connectivity index (χ1n) is 10.4. The zero-order valence-electron chi connectivity index (χ0n) is 19.3. The number of Topliss-reactive ketones (excluding diaryl/α,β-unsaturated/α-hetero) is 1. The standard InChI is InChI=1S/C24H29N3O4S/c1-7-27-23(17(4)31-19-10-8-9-18(13-19)29-5)25-26-24(27)32-14-21(28)20-11-16(3)22(30-6)12-15(20)2/h8-13,17H,7,14H2,1-6H3. The molecule has 3 rings (SSSR count). The van der Waals surface area contributed by atoms with Gasteiger partial charge >= 0.3 is 0 Å². The Morgan fingerprint density at radius 3 is 2.50 bits per heavy atom. The number of thioether (sulfide) groups is 1. The molecule has 0 aliphatic carbocycles. The summed E-state index contributed by atoms with van der Waals surface area (Å²) in [5.74, 6) is 3.23. The van der Waals surface area contributed by atoms with Gasteiger partial charge in [-0.3, -0.25) is 4.79 Å². The van der Waals surface area contributed by atoms with Gasteiger partial charge in [0.25, 0.3) is 0 Å². The minimum Gasteiger partial charge on any atom is -0.497 e. The fourth-order valence-electron chi connectivity index (χ4n) is 3.45. The molecule has 3 aromatic rings. The van der Waals surface area contributed by atoms with Gasteiger partial charge in [-0.15, -0.1) is 10.2 Å². The van der Waals surface area contributed by atoms with Gasteiger partial charge in [0.1, 0.15) is 17.2 Å². The molecule has 32 heavy (non-hydrogen) atoms. The third-order valence-corrected chi connectivity index (χ3v) is 6.12. The smallest absolute Gasteiger partial charge is 0.191 e. The summed E-state index contributed by atoms with van der Waals surface area (Å²) in [6, 6.07) is 11.2. The van der Waals surface area contributed by atoms with Crippen LogP contribution in [0.25, 0.3) is 0 Å². The number of hydrogen-bond acceptors (Lipinski definition) is 7. The van der Waals surface area contributed by atoms with Crippen LogP contribution < -0.4 is 14.2 Å². The second kappa shape index (κ2) is 10.5. The monoisotopic (exact) mass is 455 g/mol. The van der Waals surface area contributed by atoms with Gasteiger partial charge in [0.15, 0.2) is 22.9 Å². The van der Waals surface area contributed by atoms with E-state index < -0.39 is 0 Å². The van der Waals surface area contributed by atoms with Gasteiger partial charge in [0, 0.05) is 18.2 Å². The lowest BCUT2D eigenvalue weighted by Crippen LogP contribution is -2.12. The highest BCUT2D eigenvalue weighted by atomic mass is 32.2. The predicted octanol–water partition coefficient (Wildman–Crippen LogP) is 5.05. The summed E-state index contributed by atoms with van der Waals surface area (Å²) < 4.78 is 18.6. The van der Waals surface area contributed by atoms with Crippen molar-refractivity contribution in [3.63, 3.8) is 0 Å². The van der Waals surface area contributed by atoms with Gasteiger partial charge in [-0.1, -0.05) is 17.8 Å². The summed E-state index contributed by atoms with van der Waals surface area (Å²) in [7, 11) is 3.25. The average Bonchev–Trinajstić information content (AvgIpc) is 3.21. The molecule has 7 nitrogen and oxygen atoms in total. The van der Waals surface area contributed by atoms with Gasteiger partial charge in [0.05, 0.1) is 20.0 Å². The van der Waals surface area contributed by atoms with E-state index >= 15 is 0 Å². The highest BCUT2D eigenvalue weighted by Crippen LogP contribution is 2.28. The largest absolute Gasteiger partial charge is 0.497 e. The maximum Gasteiger partial charge on any atom is 0.191 e. The molecule has 0 saturated heterocycles. The summed E-state index contributed by atoms with van der Waals surface area (Å²) in [4.78, 5) is 12.9. The number of carbonyl (C=O) groups is 1. The van der Waals surface area contributed by atoms with E-state index in [0.29, 0.717) is 28.8 Å². The van der Waals surface area contributed by atoms with Crippen LogP contribution in [0.2, 0.25) is 0 Å². The van der Waals surface area contributed by atoms with Crippen LogP contribution >= 0.6 is 11.8 Å². The molecule has 0 amide bonds. The third kappa shape index (κ3) is 5.24. The van der Waals surface area contributed by atoms with Gasteiger partial charge in [-0.05, 0) is 63.1 Å². The van der Waals surface area contributed by atoms with Crippen LogP contribution in [0, 0.1) is 13.8 Å². The van der Waals surface area contributed by atoms with Crippen LogP contribution in [0.15, 0.2) is 41.6 Å². The van der Waals surface area contributed by atoms with Crippen LogP contribution in [-0.4, -0.2) is 40.5 Å². The molecule has 0 fully saturated rings. The summed E-state index contributed by atoms with van der Waals surface area (Å²) in [6.07, 6.45) is -0.314. The Hall–Kier alpha value is -3.00. The van der Waals surface area contributed by atoms with E-state index in [-0.39, 0.29) is 17.6 Å². The van der Waals surface area contributed by atoms with Gasteiger partial charge < -0.3 is 18.8 Å². The highest BCUT2D eigenvalue weighted by molar-refractivity contribution is 7.99. The number of aryl methyl sites for hydroxylation is 2. The minimum atomic E-state index is -0.314. The highest BCUT2D eigenvalue weighted by Gasteiger charge is 2.20. The molecular weight excluding hydrogens is 426 g/mol. The quantitative estimate of drug-likeness (QED) is 0.313. The molecule has 0 radical (unpaired) electrons. The van der Waals surface area contributed by atoms with E-state index in [9.17, 15) is 4.79 Å². The molecule has 8 heteroatoms. The average molecular weight is 456 g/mol. The Kier molecular flexibility index (Phi) is 7.80. The second-order valence-electron chi connectivity index (χ2n) is 7.37. The molecule has 1 heterocycles. The molecule has 2 aromatic carbocycles. The lowest BCUT2D eigenvalue weighted by Gasteiger charge is -2.16. The van der Waals surface area contributed by atoms with Crippen molar-refractivity contribution in [1.29, 1.82) is 0 Å². The Morgan fingerprint density at radius 1 is 1.06 bits per heavy atom. The number of nitrogens with zero attached hydrogens (tertiary/aromatic N) is 3. The third-order valence-electron chi connectivity index (χ3n) is 5.15. The van der Waals surface area contributed by atoms with E-state index in [1.54, 1.807) is 14.2 Å². The first-order valence-corrected chi connectivity index (χ1v) is 11.4. The molecule has 1 unspecified atom stereocenters. The number of aromatic nitrogens is 3. The van der Waals surface area contributed by atoms with Crippen LogP contribution in [0.3, 0.4) is 0 Å². The fraction of sp³-hybridized carbons (Fsp3) is 0.375. The zero-order chi connectivity index (χ0) is 23.3. The predicted molar refractivity (Wildman–Crippen MR) is 125 cm³/mol. The number of hydrogen-bond donors (Lipinski definition) is 0. The molecular formula is C24H29N3O4S. The molecule has 0 saturated carbocycles. The lowest BCUT2D eigenvalue weighted by molar-refractivity contribution is 0.102. The number of benzene rings is 2. The number of ether oxygens (including phenoxy) is 3. The Morgan fingerprint density at radius 2 is 1.81 bits per heavy atom. The normalized spacial score (nSPS) is 11.8. The topological polar surface area (TPSA) is 75.5 Å². The first-order chi connectivity index (χ1) is 15.4. The first kappa shape index (κ1) is 23.7. The molecule has 0 aliphatic heterocycles. The van der Waals surface area contributed by atoms with E-state index in [1.165, 1.54) is 11.8 Å². The number of rotatable bonds is 10. The maximum atomic E-state index is 12.9. The zero-order valence-corrected chi connectivity index (χ0v) is 20.2. The van der Waals surface area contributed by atoms with E-state index in [2.05, 4.69) is 10.2 Å². The van der Waals surface area contributed by atoms with Crippen molar-refractivity contribution in [3.05, 3.63) is 58.9 Å². The number of methoxy groups -OCH3 is 2. The lowest BCUT2D eigenvalue weighted by atomic mass is 10.0. The summed E-state index contributed by atoms with van der Waals surface area (Å²) in [5.41, 5.74) is 2.54. The van der Waals surface area contributed by atoms with Crippen molar-refractivity contribution in [3.8, 4) is 17.2 Å². The SMILES string of the molecule is CCn1c(SCC(=O)c2cc(C)c(OC)cc2C)nnc1C(C)Oc1cccc(OC)c1. The van der Waals surface area contributed by atoms with E-state index in [4.69, 9.17) is 14.2 Å². The van der Waals surface area contributed by atoms with Gasteiger partial charge in [0.2, 0.25) is 0 Å². The summed E-state index contributed by atoms with van der Waals surface area (Å²) in [5, 5.41) is 9.35. The number of ketones is 1. The Balaban J connectivity index is 1.72. The summed E-state index contributed by atoms with van der Waals surface area (Å²) in [6.45, 7) is 8.48. The molecule has 0 aliphatic rings. The molecule has 0 bridgehead atoms. The van der Waals surface area contributed by atoms with E-state index in [0.717, 1.165) is 22.6 Å². The number of carbonyl (C=O) groups excluding carboxylic acids is 1. The maximum absolute atomic E-state index is 12.9. The molecule has 1 atom stereocenters. The molecule has 1 aromatic heterocycles. The van der Waals surface area contributed by atoms with Crippen LogP contribution in [-0.2, 0) is 6.54 Å². The fourth-order valence-corrected chi connectivity index (χ4v) is 4.35. The van der Waals surface area contributed by atoms with Crippen molar-refractivity contribution in [1.82, 2.24) is 14.8 Å². The van der Waals surface area contributed by atoms with E-state index in [1.807, 2.05) is 68.7 Å². The molecule has 170 valence electrons.